The van der Waals surface area contributed by atoms with Crippen LogP contribution in [0, 0.1) is 11.8 Å². The van der Waals surface area contributed by atoms with Crippen LogP contribution in [0.2, 0.25) is 0 Å². The maximum atomic E-state index is 12.1. The Morgan fingerprint density at radius 2 is 2.33 bits per heavy atom. The number of nitrogens with zero attached hydrogens (tertiary/aromatic N) is 1. The smallest absolute Gasteiger partial charge is 0.246 e. The third-order valence-electron chi connectivity index (χ3n) is 4.65. The van der Waals surface area contributed by atoms with Crippen molar-refractivity contribution in [2.75, 3.05) is 19.7 Å². The van der Waals surface area contributed by atoms with Crippen LogP contribution in [-0.2, 0) is 4.79 Å². The zero-order valence-electron chi connectivity index (χ0n) is 12.5. The van der Waals surface area contributed by atoms with Crippen molar-refractivity contribution in [3.8, 4) is 0 Å². The third kappa shape index (κ3) is 3.38. The minimum Gasteiger partial charge on any atom is -0.461 e. The molecule has 0 aromatic carbocycles. The van der Waals surface area contributed by atoms with Crippen LogP contribution < -0.4 is 0 Å². The van der Waals surface area contributed by atoms with E-state index in [1.165, 1.54) is 6.42 Å². The Hall–Kier alpha value is -1.55. The van der Waals surface area contributed by atoms with Gasteiger partial charge in [-0.15, -0.1) is 0 Å². The van der Waals surface area contributed by atoms with Crippen molar-refractivity contribution < 1.29 is 14.3 Å². The highest BCUT2D eigenvalue weighted by atomic mass is 16.3. The van der Waals surface area contributed by atoms with Gasteiger partial charge in [0.15, 0.2) is 0 Å². The summed E-state index contributed by atoms with van der Waals surface area (Å²) in [5.41, 5.74) is 0. The number of amides is 1. The van der Waals surface area contributed by atoms with Gasteiger partial charge in [-0.05, 0) is 49.3 Å². The SMILES string of the molecule is CC1CC1c1ccc(/C=C/C(=O)N2CCC(CCO)C2)o1. The molecule has 21 heavy (non-hydrogen) atoms. The second kappa shape index (κ2) is 6.06. The lowest BCUT2D eigenvalue weighted by atomic mass is 10.1. The molecule has 3 unspecified atom stereocenters. The molecule has 1 aliphatic carbocycles. The number of rotatable bonds is 5. The summed E-state index contributed by atoms with van der Waals surface area (Å²) in [6.45, 7) is 3.98. The van der Waals surface area contributed by atoms with Crippen LogP contribution in [0.4, 0.5) is 0 Å². The minimum atomic E-state index is 0.0354. The van der Waals surface area contributed by atoms with E-state index in [0.717, 1.165) is 43.4 Å². The predicted molar refractivity (Wildman–Crippen MR) is 80.7 cm³/mol. The Bertz CT molecular complexity index is 534. The first kappa shape index (κ1) is 14.4. The lowest BCUT2D eigenvalue weighted by molar-refractivity contribution is -0.125. The summed E-state index contributed by atoms with van der Waals surface area (Å²) in [5.74, 6) is 3.57. The van der Waals surface area contributed by atoms with E-state index in [9.17, 15) is 4.79 Å². The van der Waals surface area contributed by atoms with Crippen molar-refractivity contribution in [1.82, 2.24) is 4.90 Å². The average molecular weight is 289 g/mol. The second-order valence-corrected chi connectivity index (χ2v) is 6.34. The molecule has 1 saturated heterocycles. The van der Waals surface area contributed by atoms with Crippen molar-refractivity contribution in [2.24, 2.45) is 11.8 Å². The minimum absolute atomic E-state index is 0.0354. The summed E-state index contributed by atoms with van der Waals surface area (Å²) in [5, 5.41) is 8.94. The Balaban J connectivity index is 1.53. The third-order valence-corrected chi connectivity index (χ3v) is 4.65. The van der Waals surface area contributed by atoms with Crippen molar-refractivity contribution >= 4 is 12.0 Å². The number of hydrogen-bond donors (Lipinski definition) is 1. The summed E-state index contributed by atoms with van der Waals surface area (Å²) < 4.78 is 5.76. The Morgan fingerprint density at radius 1 is 1.52 bits per heavy atom. The van der Waals surface area contributed by atoms with Crippen LogP contribution in [0.25, 0.3) is 6.08 Å². The number of carbonyl (C=O) groups excluding carboxylic acids is 1. The molecule has 1 saturated carbocycles. The van der Waals surface area contributed by atoms with Crippen LogP contribution in [0.1, 0.15) is 43.6 Å². The van der Waals surface area contributed by atoms with Crippen molar-refractivity contribution in [2.45, 2.75) is 32.1 Å². The molecule has 0 radical (unpaired) electrons. The highest BCUT2D eigenvalue weighted by Gasteiger charge is 2.36. The molecule has 1 aliphatic heterocycles. The molecular weight excluding hydrogens is 266 g/mol. The Kier molecular flexibility index (Phi) is 4.15. The van der Waals surface area contributed by atoms with E-state index in [-0.39, 0.29) is 12.5 Å². The predicted octanol–water partition coefficient (Wildman–Crippen LogP) is 2.65. The topological polar surface area (TPSA) is 53.7 Å². The molecule has 3 atom stereocenters. The van der Waals surface area contributed by atoms with Gasteiger partial charge in [0.1, 0.15) is 11.5 Å². The van der Waals surface area contributed by atoms with Crippen molar-refractivity contribution in [3.05, 3.63) is 29.7 Å². The summed E-state index contributed by atoms with van der Waals surface area (Å²) in [4.78, 5) is 14.0. The highest BCUT2D eigenvalue weighted by Crippen LogP contribution is 2.47. The molecule has 0 spiro atoms. The molecule has 2 heterocycles. The standard InChI is InChI=1S/C17H23NO3/c1-12-10-15(12)16-4-2-14(21-16)3-5-17(20)18-8-6-13(11-18)7-9-19/h2-5,12-13,15,19H,6-11H2,1H3/b5-3+. The van der Waals surface area contributed by atoms with Crippen LogP contribution >= 0.6 is 0 Å². The van der Waals surface area contributed by atoms with E-state index in [0.29, 0.717) is 11.8 Å². The maximum absolute atomic E-state index is 12.1. The fourth-order valence-corrected chi connectivity index (χ4v) is 3.09. The van der Waals surface area contributed by atoms with Crippen LogP contribution in [-0.4, -0.2) is 35.6 Å². The first-order valence-corrected chi connectivity index (χ1v) is 7.85. The number of aliphatic hydroxyl groups is 1. The van der Waals surface area contributed by atoms with E-state index in [2.05, 4.69) is 6.92 Å². The van der Waals surface area contributed by atoms with Crippen LogP contribution in [0.15, 0.2) is 22.6 Å². The van der Waals surface area contributed by atoms with Crippen molar-refractivity contribution in [3.63, 3.8) is 0 Å². The first-order valence-electron chi connectivity index (χ1n) is 7.85. The fraction of sp³-hybridized carbons (Fsp3) is 0.588. The van der Waals surface area contributed by atoms with Gasteiger partial charge < -0.3 is 14.4 Å². The molecule has 1 aromatic heterocycles. The average Bonchev–Trinajstić information content (AvgIpc) is 2.92. The van der Waals surface area contributed by atoms with Crippen molar-refractivity contribution in [1.29, 1.82) is 0 Å². The lowest BCUT2D eigenvalue weighted by Gasteiger charge is -2.13. The maximum Gasteiger partial charge on any atom is 0.246 e. The number of aliphatic hydroxyl groups excluding tert-OH is 1. The Morgan fingerprint density at radius 3 is 3.05 bits per heavy atom. The highest BCUT2D eigenvalue weighted by molar-refractivity contribution is 5.91. The quantitative estimate of drug-likeness (QED) is 0.848. The number of likely N-dealkylation sites (tertiary alicyclic amines) is 1. The van der Waals surface area contributed by atoms with Gasteiger partial charge in [-0.1, -0.05) is 6.92 Å². The van der Waals surface area contributed by atoms with E-state index in [1.54, 1.807) is 12.2 Å². The molecule has 2 fully saturated rings. The van der Waals surface area contributed by atoms with Gasteiger partial charge >= 0.3 is 0 Å². The normalized spacial score (nSPS) is 28.5. The van der Waals surface area contributed by atoms with Crippen LogP contribution in [0.5, 0.6) is 0 Å². The summed E-state index contributed by atoms with van der Waals surface area (Å²) in [6.07, 6.45) is 6.34. The van der Waals surface area contributed by atoms with Gasteiger partial charge in [0.25, 0.3) is 0 Å². The van der Waals surface area contributed by atoms with E-state index in [1.807, 2.05) is 17.0 Å². The molecule has 2 aliphatic rings. The summed E-state index contributed by atoms with van der Waals surface area (Å²) in [6, 6.07) is 3.95. The molecule has 0 bridgehead atoms. The number of hydrogen-bond acceptors (Lipinski definition) is 3. The summed E-state index contributed by atoms with van der Waals surface area (Å²) in [7, 11) is 0. The molecule has 1 amide bonds. The lowest BCUT2D eigenvalue weighted by Crippen LogP contribution is -2.26. The largest absolute Gasteiger partial charge is 0.461 e. The Labute approximate surface area is 125 Å². The number of furan rings is 1. The molecule has 1 N–H and O–H groups in total. The molecule has 114 valence electrons. The van der Waals surface area contributed by atoms with E-state index < -0.39 is 0 Å². The fourth-order valence-electron chi connectivity index (χ4n) is 3.09. The zero-order valence-corrected chi connectivity index (χ0v) is 12.5. The van der Waals surface area contributed by atoms with Gasteiger partial charge in [0.05, 0.1) is 0 Å². The van der Waals surface area contributed by atoms with E-state index >= 15 is 0 Å². The molecular formula is C17H23NO3. The molecule has 3 rings (SSSR count). The van der Waals surface area contributed by atoms with Gasteiger partial charge in [-0.25, -0.2) is 0 Å². The van der Waals surface area contributed by atoms with E-state index in [4.69, 9.17) is 9.52 Å². The van der Waals surface area contributed by atoms with Gasteiger partial charge in [-0.3, -0.25) is 4.79 Å². The van der Waals surface area contributed by atoms with Gasteiger partial charge in [0, 0.05) is 31.7 Å². The van der Waals surface area contributed by atoms with Gasteiger partial charge in [-0.2, -0.15) is 0 Å². The molecule has 4 heteroatoms. The van der Waals surface area contributed by atoms with Crippen LogP contribution in [0.3, 0.4) is 0 Å². The summed E-state index contributed by atoms with van der Waals surface area (Å²) >= 11 is 0. The second-order valence-electron chi connectivity index (χ2n) is 6.34. The zero-order chi connectivity index (χ0) is 14.8. The monoisotopic (exact) mass is 289 g/mol. The first-order chi connectivity index (χ1) is 10.2. The molecule has 1 aromatic rings. The number of carbonyl (C=O) groups is 1. The molecule has 4 nitrogen and oxygen atoms in total. The van der Waals surface area contributed by atoms with Gasteiger partial charge in [0.2, 0.25) is 5.91 Å².